The molecule has 0 saturated carbocycles. The van der Waals surface area contributed by atoms with Gasteiger partial charge >= 0.3 is 0 Å². The number of Topliss-reactive ketones (excluding diaryl/α,β-unsaturated/α-hetero) is 1. The first-order valence-electron chi connectivity index (χ1n) is 7.94. The number of hydrogen-bond donors (Lipinski definition) is 1. The van der Waals surface area contributed by atoms with Crippen molar-refractivity contribution >= 4 is 11.7 Å². The van der Waals surface area contributed by atoms with Crippen molar-refractivity contribution in [2.75, 3.05) is 13.1 Å². The minimum absolute atomic E-state index is 0.0918. The number of ketones is 1. The van der Waals surface area contributed by atoms with Crippen LogP contribution < -0.4 is 5.32 Å². The van der Waals surface area contributed by atoms with Crippen molar-refractivity contribution in [1.29, 1.82) is 0 Å². The number of nitrogens with zero attached hydrogens (tertiary/aromatic N) is 1. The quantitative estimate of drug-likeness (QED) is 0.813. The molecule has 1 aliphatic rings. The highest BCUT2D eigenvalue weighted by molar-refractivity contribution is 5.81. The average Bonchev–Trinajstić information content (AvgIpc) is 2.59. The van der Waals surface area contributed by atoms with Crippen LogP contribution in [0.5, 0.6) is 0 Å². The third-order valence-electron chi connectivity index (χ3n) is 4.01. The van der Waals surface area contributed by atoms with Crippen LogP contribution in [0.15, 0.2) is 0 Å². The summed E-state index contributed by atoms with van der Waals surface area (Å²) in [6.45, 7) is 9.44. The predicted molar refractivity (Wildman–Crippen MR) is 81.6 cm³/mol. The molecule has 0 aromatic rings. The highest BCUT2D eigenvalue weighted by Crippen LogP contribution is 2.22. The highest BCUT2D eigenvalue weighted by Gasteiger charge is 2.29. The second-order valence-corrected chi connectivity index (χ2v) is 6.46. The molecule has 0 bridgehead atoms. The van der Waals surface area contributed by atoms with Gasteiger partial charge in [-0.2, -0.15) is 0 Å². The first-order valence-corrected chi connectivity index (χ1v) is 7.94. The van der Waals surface area contributed by atoms with Crippen LogP contribution in [0, 0.1) is 5.92 Å². The second kappa shape index (κ2) is 8.40. The lowest BCUT2D eigenvalue weighted by atomic mass is 10.0. The van der Waals surface area contributed by atoms with Crippen LogP contribution in [-0.2, 0) is 9.59 Å². The molecule has 20 heavy (non-hydrogen) atoms. The first kappa shape index (κ1) is 17.2. The summed E-state index contributed by atoms with van der Waals surface area (Å²) in [6, 6.07) is 0.0889. The smallest absolute Gasteiger partial charge is 0.237 e. The van der Waals surface area contributed by atoms with Crippen LogP contribution in [0.1, 0.15) is 59.8 Å². The van der Waals surface area contributed by atoms with E-state index in [9.17, 15) is 9.59 Å². The standard InChI is InChI=1S/C16H30N2O2/c1-12(2)11-17-16(20)14(4)18-9-7-5-6-8-15(18)10-13(3)19/h12,14-15H,5-11H2,1-4H3,(H,17,20). The van der Waals surface area contributed by atoms with E-state index in [1.807, 2.05) is 6.92 Å². The van der Waals surface area contributed by atoms with Gasteiger partial charge < -0.3 is 5.32 Å². The van der Waals surface area contributed by atoms with Gasteiger partial charge in [0, 0.05) is 19.0 Å². The van der Waals surface area contributed by atoms with E-state index in [1.54, 1.807) is 6.92 Å². The summed E-state index contributed by atoms with van der Waals surface area (Å²) in [5, 5.41) is 3.01. The summed E-state index contributed by atoms with van der Waals surface area (Å²) in [4.78, 5) is 25.9. The van der Waals surface area contributed by atoms with E-state index in [1.165, 1.54) is 6.42 Å². The van der Waals surface area contributed by atoms with Crippen LogP contribution in [-0.4, -0.2) is 41.8 Å². The molecule has 1 N–H and O–H groups in total. The van der Waals surface area contributed by atoms with Crippen molar-refractivity contribution < 1.29 is 9.59 Å². The third-order valence-corrected chi connectivity index (χ3v) is 4.01. The molecule has 0 aromatic heterocycles. The Bertz CT molecular complexity index is 328. The molecule has 0 aliphatic carbocycles. The van der Waals surface area contributed by atoms with Gasteiger partial charge in [0.15, 0.2) is 0 Å². The zero-order chi connectivity index (χ0) is 15.1. The van der Waals surface area contributed by atoms with Crippen molar-refractivity contribution in [2.24, 2.45) is 5.92 Å². The molecule has 0 radical (unpaired) electrons. The number of likely N-dealkylation sites (tertiary alicyclic amines) is 1. The van der Waals surface area contributed by atoms with Gasteiger partial charge in [-0.3, -0.25) is 14.5 Å². The fourth-order valence-electron chi connectivity index (χ4n) is 2.86. The second-order valence-electron chi connectivity index (χ2n) is 6.46. The lowest BCUT2D eigenvalue weighted by molar-refractivity contribution is -0.128. The van der Waals surface area contributed by atoms with Gasteiger partial charge in [-0.25, -0.2) is 0 Å². The maximum atomic E-state index is 12.3. The molecule has 1 amide bonds. The Balaban J connectivity index is 2.66. The predicted octanol–water partition coefficient (Wildman–Crippen LogP) is 2.37. The Morgan fingerprint density at radius 2 is 1.90 bits per heavy atom. The Morgan fingerprint density at radius 1 is 1.20 bits per heavy atom. The minimum atomic E-state index is -0.142. The van der Waals surface area contributed by atoms with Gasteiger partial charge in [-0.1, -0.05) is 26.7 Å². The first-order chi connectivity index (χ1) is 9.41. The zero-order valence-corrected chi connectivity index (χ0v) is 13.4. The Labute approximate surface area is 123 Å². The molecule has 2 unspecified atom stereocenters. The molecule has 1 aliphatic heterocycles. The number of amides is 1. The van der Waals surface area contributed by atoms with E-state index in [-0.39, 0.29) is 23.8 Å². The van der Waals surface area contributed by atoms with E-state index in [2.05, 4.69) is 24.1 Å². The van der Waals surface area contributed by atoms with E-state index < -0.39 is 0 Å². The van der Waals surface area contributed by atoms with Gasteiger partial charge in [0.1, 0.15) is 5.78 Å². The molecule has 1 rings (SSSR count). The number of rotatable bonds is 6. The minimum Gasteiger partial charge on any atom is -0.354 e. The molecule has 1 fully saturated rings. The van der Waals surface area contributed by atoms with Crippen LogP contribution in [0.25, 0.3) is 0 Å². The van der Waals surface area contributed by atoms with Crippen LogP contribution in [0.4, 0.5) is 0 Å². The summed E-state index contributed by atoms with van der Waals surface area (Å²) in [5.74, 6) is 0.772. The largest absolute Gasteiger partial charge is 0.354 e. The molecular formula is C16H30N2O2. The number of hydrogen-bond acceptors (Lipinski definition) is 3. The Kier molecular flexibility index (Phi) is 7.20. The summed E-state index contributed by atoms with van der Waals surface area (Å²) in [7, 11) is 0. The lowest BCUT2D eigenvalue weighted by Gasteiger charge is -2.34. The molecule has 0 spiro atoms. The molecule has 2 atom stereocenters. The van der Waals surface area contributed by atoms with Gasteiger partial charge in [-0.05, 0) is 39.2 Å². The SMILES string of the molecule is CC(=O)CC1CCCCCN1C(C)C(=O)NCC(C)C. The van der Waals surface area contributed by atoms with Gasteiger partial charge in [0.2, 0.25) is 5.91 Å². The molecule has 1 saturated heterocycles. The monoisotopic (exact) mass is 282 g/mol. The average molecular weight is 282 g/mol. The molecule has 4 nitrogen and oxygen atoms in total. The fraction of sp³-hybridized carbons (Fsp3) is 0.875. The van der Waals surface area contributed by atoms with E-state index in [0.29, 0.717) is 18.9 Å². The summed E-state index contributed by atoms with van der Waals surface area (Å²) >= 11 is 0. The number of carbonyl (C=O) groups is 2. The van der Waals surface area contributed by atoms with Gasteiger partial charge in [0.05, 0.1) is 6.04 Å². The third kappa shape index (κ3) is 5.61. The van der Waals surface area contributed by atoms with Crippen molar-refractivity contribution in [1.82, 2.24) is 10.2 Å². The maximum Gasteiger partial charge on any atom is 0.237 e. The molecule has 1 heterocycles. The normalized spacial score (nSPS) is 22.4. The summed E-state index contributed by atoms with van der Waals surface area (Å²) in [6.07, 6.45) is 5.08. The van der Waals surface area contributed by atoms with Gasteiger partial charge in [0.25, 0.3) is 0 Å². The van der Waals surface area contributed by atoms with Crippen molar-refractivity contribution in [2.45, 2.75) is 71.9 Å². The Hall–Kier alpha value is -0.900. The Morgan fingerprint density at radius 3 is 2.50 bits per heavy atom. The zero-order valence-electron chi connectivity index (χ0n) is 13.4. The maximum absolute atomic E-state index is 12.3. The molecule has 4 heteroatoms. The van der Waals surface area contributed by atoms with Crippen LogP contribution >= 0.6 is 0 Å². The number of carbonyl (C=O) groups excluding carboxylic acids is 2. The number of nitrogens with one attached hydrogen (secondary N) is 1. The lowest BCUT2D eigenvalue weighted by Crippen LogP contribution is -2.50. The molecular weight excluding hydrogens is 252 g/mol. The fourth-order valence-corrected chi connectivity index (χ4v) is 2.86. The van der Waals surface area contributed by atoms with Crippen molar-refractivity contribution in [3.8, 4) is 0 Å². The van der Waals surface area contributed by atoms with Crippen LogP contribution in [0.3, 0.4) is 0 Å². The molecule has 116 valence electrons. The van der Waals surface area contributed by atoms with Crippen molar-refractivity contribution in [3.63, 3.8) is 0 Å². The summed E-state index contributed by atoms with van der Waals surface area (Å²) < 4.78 is 0. The van der Waals surface area contributed by atoms with E-state index in [0.717, 1.165) is 25.8 Å². The van der Waals surface area contributed by atoms with Crippen molar-refractivity contribution in [3.05, 3.63) is 0 Å². The van der Waals surface area contributed by atoms with Gasteiger partial charge in [-0.15, -0.1) is 0 Å². The summed E-state index contributed by atoms with van der Waals surface area (Å²) in [5.41, 5.74) is 0. The van der Waals surface area contributed by atoms with Crippen LogP contribution in [0.2, 0.25) is 0 Å². The van der Waals surface area contributed by atoms with E-state index in [4.69, 9.17) is 0 Å². The topological polar surface area (TPSA) is 49.4 Å². The highest BCUT2D eigenvalue weighted by atomic mass is 16.2. The molecule has 0 aromatic carbocycles. The van der Waals surface area contributed by atoms with E-state index >= 15 is 0 Å².